The Morgan fingerprint density at radius 3 is 1.29 bits per heavy atom. The van der Waals surface area contributed by atoms with Crippen LogP contribution in [0.5, 0.6) is 0 Å². The minimum atomic E-state index is -4.71. The smallest absolute Gasteiger partial charge is 0.306 e. The second-order valence-electron chi connectivity index (χ2n) is 22.5. The number of likely N-dealkylation sites (N-methyl/N-ethyl adjacent to an activating group) is 1. The maximum Gasteiger partial charge on any atom is 0.306 e. The van der Waals surface area contributed by atoms with Gasteiger partial charge in [0.05, 0.1) is 33.8 Å². The van der Waals surface area contributed by atoms with Crippen molar-refractivity contribution in [2.24, 2.45) is 0 Å². The lowest BCUT2D eigenvalue weighted by atomic mass is 10.0. The normalized spacial score (nSPS) is 14.2. The van der Waals surface area contributed by atoms with Gasteiger partial charge in [-0.1, -0.05) is 254 Å². The molecule has 0 bridgehead atoms. The van der Waals surface area contributed by atoms with Crippen molar-refractivity contribution in [2.45, 2.75) is 290 Å². The van der Waals surface area contributed by atoms with Gasteiger partial charge in [0.1, 0.15) is 19.3 Å². The van der Waals surface area contributed by atoms with Crippen molar-refractivity contribution in [2.75, 3.05) is 40.9 Å². The number of esters is 1. The van der Waals surface area contributed by atoms with E-state index >= 15 is 0 Å². The number of hydrogen-bond acceptors (Lipinski definition) is 7. The maximum absolute atomic E-state index is 13.5. The van der Waals surface area contributed by atoms with Gasteiger partial charge in [-0.3, -0.25) is 14.2 Å². The molecule has 0 aromatic carbocycles. The molecule has 0 aliphatic heterocycles. The molecule has 0 fully saturated rings. The summed E-state index contributed by atoms with van der Waals surface area (Å²) in [5, 5.41) is 3.02. The van der Waals surface area contributed by atoms with Crippen molar-refractivity contribution < 1.29 is 37.3 Å². The summed E-state index contributed by atoms with van der Waals surface area (Å²) in [6, 6.07) is -0.914. The number of carbonyl (C=O) groups excluding carboxylic acids is 2. The quantitative estimate of drug-likeness (QED) is 0.0212. The minimum absolute atomic E-state index is 0.0336. The molecule has 1 amide bonds. The van der Waals surface area contributed by atoms with Crippen LogP contribution < -0.4 is 10.2 Å². The van der Waals surface area contributed by atoms with Crippen molar-refractivity contribution >= 4 is 19.7 Å². The van der Waals surface area contributed by atoms with Crippen molar-refractivity contribution in [1.82, 2.24) is 5.32 Å². The summed E-state index contributed by atoms with van der Waals surface area (Å²) in [4.78, 5) is 40.0. The fraction of sp³-hybridized carbons (Fsp3) is 0.761. The maximum atomic E-state index is 13.5. The molecule has 0 saturated heterocycles. The predicted octanol–water partition coefficient (Wildman–Crippen LogP) is 19.1. The lowest BCUT2D eigenvalue weighted by Crippen LogP contribution is -2.47. The predicted molar refractivity (Wildman–Crippen MR) is 330 cm³/mol. The van der Waals surface area contributed by atoms with Gasteiger partial charge in [0, 0.05) is 12.8 Å². The van der Waals surface area contributed by atoms with Gasteiger partial charge >= 0.3 is 5.97 Å². The van der Waals surface area contributed by atoms with E-state index < -0.39 is 32.5 Å². The third-order valence-corrected chi connectivity index (χ3v) is 14.8. The molecule has 10 heteroatoms. The van der Waals surface area contributed by atoms with Crippen LogP contribution in [0.2, 0.25) is 0 Å². The van der Waals surface area contributed by atoms with E-state index in [4.69, 9.17) is 13.8 Å². The zero-order valence-corrected chi connectivity index (χ0v) is 51.8. The van der Waals surface area contributed by atoms with Gasteiger partial charge in [-0.15, -0.1) is 0 Å². The largest absolute Gasteiger partial charge is 0.756 e. The Bertz CT molecular complexity index is 1590. The van der Waals surface area contributed by atoms with E-state index in [1.54, 1.807) is 0 Å². The van der Waals surface area contributed by atoms with Gasteiger partial charge < -0.3 is 28.5 Å². The molecule has 0 saturated carbocycles. The molecule has 0 heterocycles. The van der Waals surface area contributed by atoms with Crippen LogP contribution in [0.15, 0.2) is 85.1 Å². The zero-order valence-electron chi connectivity index (χ0n) is 50.9. The first-order valence-electron chi connectivity index (χ1n) is 31.9. The van der Waals surface area contributed by atoms with Crippen LogP contribution in [-0.4, -0.2) is 69.4 Å². The van der Waals surface area contributed by atoms with Crippen molar-refractivity contribution in [3.63, 3.8) is 0 Å². The summed E-state index contributed by atoms with van der Waals surface area (Å²) in [6.45, 7) is 6.69. The average Bonchev–Trinajstić information content (AvgIpc) is 3.39. The van der Waals surface area contributed by atoms with Crippen LogP contribution in [0.1, 0.15) is 278 Å². The molecule has 0 radical (unpaired) electrons. The third kappa shape index (κ3) is 57.7. The number of hydrogen-bond donors (Lipinski definition) is 1. The number of carbonyl (C=O) groups is 2. The highest BCUT2D eigenvalue weighted by Crippen LogP contribution is 2.38. The topological polar surface area (TPSA) is 114 Å². The summed E-state index contributed by atoms with van der Waals surface area (Å²) in [5.74, 6) is -0.608. The first-order valence-corrected chi connectivity index (χ1v) is 33.4. The summed E-state index contributed by atoms with van der Waals surface area (Å²) in [6.07, 6.45) is 74.3. The van der Waals surface area contributed by atoms with Gasteiger partial charge in [-0.25, -0.2) is 0 Å². The highest BCUT2D eigenvalue weighted by Gasteiger charge is 2.27. The van der Waals surface area contributed by atoms with Crippen LogP contribution in [0.4, 0.5) is 0 Å². The molecule has 9 nitrogen and oxygen atoms in total. The van der Waals surface area contributed by atoms with E-state index in [0.717, 1.165) is 77.0 Å². The number of nitrogens with zero attached hydrogens (tertiary/aromatic N) is 1. The standard InChI is InChI=1S/C67H121N2O7P/c1-7-10-13-16-19-22-25-27-29-31-32-33-34-35-36-38-39-41-44-47-50-53-56-59-66(70)68-64(63-75-77(72,73)74-62-61-69(4,5)6)65(58-55-52-49-46-43-24-21-18-15-12-9-3)76-67(71)60-57-54-51-48-45-42-40-37-30-28-26-23-20-17-14-11-8-2/h11,14,20,23,27-30,40,42,48,51,55,58,64-65H,7-10,12-13,15-19,21-22,24-26,31-39,41,43-47,49-50,52-54,56-57,59-63H2,1-6H3,(H-,68,70,72,73)/b14-11-,23-20-,29-27+,30-28-,42-40-,51-48-,58-55-. The number of amides is 1. The molecule has 446 valence electrons. The number of phosphoric ester groups is 1. The van der Waals surface area contributed by atoms with Gasteiger partial charge in [0.2, 0.25) is 5.91 Å². The summed E-state index contributed by atoms with van der Waals surface area (Å²) in [5.41, 5.74) is 0. The average molecular weight is 1100 g/mol. The lowest BCUT2D eigenvalue weighted by Gasteiger charge is -2.30. The van der Waals surface area contributed by atoms with E-state index in [1.807, 2.05) is 33.3 Å². The third-order valence-electron chi connectivity index (χ3n) is 13.8. The molecule has 3 atom stereocenters. The van der Waals surface area contributed by atoms with Gasteiger partial charge in [-0.05, 0) is 96.0 Å². The Morgan fingerprint density at radius 1 is 0.468 bits per heavy atom. The SMILES string of the molecule is CC/C=C\C/C=C\C/C=C\C/C=C\C/C=C\CCCC(=O)OC(/C=C\CCCCCCCCCCC)C(COP(=O)([O-])OCC[N+](C)(C)C)NC(=O)CCCCCCCCCCCCCCC/C=C/CCCCCCCC. The molecular weight excluding hydrogens is 976 g/mol. The van der Waals surface area contributed by atoms with Gasteiger partial charge in [0.25, 0.3) is 7.82 Å². The van der Waals surface area contributed by atoms with Crippen LogP contribution in [0.3, 0.4) is 0 Å². The number of unbranched alkanes of at least 4 members (excludes halogenated alkanes) is 29. The minimum Gasteiger partial charge on any atom is -0.756 e. The lowest BCUT2D eigenvalue weighted by molar-refractivity contribution is -0.870. The molecule has 0 aromatic heterocycles. The summed E-state index contributed by atoms with van der Waals surface area (Å²) >= 11 is 0. The van der Waals surface area contributed by atoms with Crippen molar-refractivity contribution in [3.05, 3.63) is 85.1 Å². The molecule has 0 aromatic rings. The number of nitrogens with one attached hydrogen (secondary N) is 1. The number of phosphoric acid groups is 1. The Morgan fingerprint density at radius 2 is 0.844 bits per heavy atom. The second-order valence-corrected chi connectivity index (χ2v) is 23.9. The molecule has 0 rings (SSSR count). The second kappa shape index (κ2) is 56.5. The fourth-order valence-electron chi connectivity index (χ4n) is 8.91. The number of allylic oxidation sites excluding steroid dienone is 13. The Balaban J connectivity index is 5.20. The van der Waals surface area contributed by atoms with Gasteiger partial charge in [-0.2, -0.15) is 0 Å². The zero-order chi connectivity index (χ0) is 56.4. The van der Waals surface area contributed by atoms with Crippen molar-refractivity contribution in [3.8, 4) is 0 Å². The molecule has 0 spiro atoms. The van der Waals surface area contributed by atoms with E-state index in [-0.39, 0.29) is 18.9 Å². The van der Waals surface area contributed by atoms with E-state index in [2.05, 4.69) is 99.0 Å². The monoisotopic (exact) mass is 1100 g/mol. The molecule has 1 N–H and O–H groups in total. The number of ether oxygens (including phenoxy) is 1. The fourth-order valence-corrected chi connectivity index (χ4v) is 9.63. The first-order chi connectivity index (χ1) is 37.4. The van der Waals surface area contributed by atoms with Crippen LogP contribution in [0.25, 0.3) is 0 Å². The van der Waals surface area contributed by atoms with E-state index in [9.17, 15) is 19.0 Å². The van der Waals surface area contributed by atoms with Crippen LogP contribution in [0, 0.1) is 0 Å². The summed E-state index contributed by atoms with van der Waals surface area (Å²) < 4.78 is 30.3. The Kier molecular flexibility index (Phi) is 54.4. The van der Waals surface area contributed by atoms with Crippen LogP contribution >= 0.6 is 7.82 Å². The molecule has 0 aliphatic rings. The van der Waals surface area contributed by atoms with E-state index in [1.165, 1.54) is 161 Å². The molecular formula is C67H121N2O7P. The number of rotatable bonds is 57. The summed E-state index contributed by atoms with van der Waals surface area (Å²) in [7, 11) is 1.15. The van der Waals surface area contributed by atoms with E-state index in [0.29, 0.717) is 23.9 Å². The number of quaternary nitrogens is 1. The first kappa shape index (κ1) is 74.2. The Hall–Kier alpha value is -2.81. The highest BCUT2D eigenvalue weighted by molar-refractivity contribution is 7.45. The molecule has 77 heavy (non-hydrogen) atoms. The van der Waals surface area contributed by atoms with Gasteiger partial charge in [0.15, 0.2) is 0 Å². The molecule has 3 unspecified atom stereocenters. The van der Waals surface area contributed by atoms with Crippen LogP contribution in [-0.2, 0) is 27.9 Å². The Labute approximate surface area is 476 Å². The van der Waals surface area contributed by atoms with Crippen molar-refractivity contribution in [1.29, 1.82) is 0 Å². The molecule has 0 aliphatic carbocycles. The highest BCUT2D eigenvalue weighted by atomic mass is 31.2.